The second kappa shape index (κ2) is 6.05. The van der Waals surface area contributed by atoms with Crippen molar-refractivity contribution in [2.75, 3.05) is 18.0 Å². The lowest BCUT2D eigenvalue weighted by atomic mass is 9.74. The summed E-state index contributed by atoms with van der Waals surface area (Å²) >= 11 is 3.56. The van der Waals surface area contributed by atoms with Gasteiger partial charge in [0.05, 0.1) is 0 Å². The number of pyridine rings is 1. The maximum atomic E-state index is 4.57. The Morgan fingerprint density at radius 3 is 2.50 bits per heavy atom. The molecule has 2 rings (SSSR count). The molecule has 2 heterocycles. The van der Waals surface area contributed by atoms with Crippen molar-refractivity contribution in [3.05, 3.63) is 23.9 Å². The lowest BCUT2D eigenvalue weighted by Gasteiger charge is -2.41. The van der Waals surface area contributed by atoms with Gasteiger partial charge < -0.3 is 4.90 Å². The molecule has 0 atom stereocenters. The van der Waals surface area contributed by atoms with Crippen LogP contribution in [0.2, 0.25) is 0 Å². The van der Waals surface area contributed by atoms with E-state index in [1.807, 2.05) is 12.3 Å². The summed E-state index contributed by atoms with van der Waals surface area (Å²) in [5.74, 6) is 1.18. The lowest BCUT2D eigenvalue weighted by Crippen LogP contribution is -2.40. The first-order valence-electron chi connectivity index (χ1n) is 6.99. The van der Waals surface area contributed by atoms with Crippen LogP contribution in [0, 0.1) is 5.41 Å². The first-order valence-corrected chi connectivity index (χ1v) is 8.11. The number of piperidine rings is 1. The van der Waals surface area contributed by atoms with Crippen LogP contribution in [-0.4, -0.2) is 18.1 Å². The van der Waals surface area contributed by atoms with Crippen LogP contribution in [0.4, 0.5) is 5.82 Å². The molecule has 0 amide bonds. The van der Waals surface area contributed by atoms with Gasteiger partial charge in [-0.3, -0.25) is 0 Å². The van der Waals surface area contributed by atoms with Crippen LogP contribution in [0.5, 0.6) is 0 Å². The van der Waals surface area contributed by atoms with Crippen LogP contribution in [0.1, 0.15) is 45.1 Å². The molecule has 0 aromatic carbocycles. The van der Waals surface area contributed by atoms with E-state index in [0.29, 0.717) is 5.41 Å². The van der Waals surface area contributed by atoms with Gasteiger partial charge >= 0.3 is 0 Å². The van der Waals surface area contributed by atoms with E-state index >= 15 is 0 Å². The van der Waals surface area contributed by atoms with Gasteiger partial charge in [-0.1, -0.05) is 48.7 Å². The van der Waals surface area contributed by atoms with Crippen LogP contribution >= 0.6 is 15.9 Å². The summed E-state index contributed by atoms with van der Waals surface area (Å²) in [6, 6.07) is 4.19. The molecule has 18 heavy (non-hydrogen) atoms. The summed E-state index contributed by atoms with van der Waals surface area (Å²) in [5, 5.41) is 0.888. The number of rotatable bonds is 4. The fraction of sp³-hybridized carbons (Fsp3) is 0.667. The van der Waals surface area contributed by atoms with Crippen molar-refractivity contribution in [1.29, 1.82) is 0 Å². The molecule has 0 radical (unpaired) electrons. The Balaban J connectivity index is 2.10. The maximum Gasteiger partial charge on any atom is 0.132 e. The van der Waals surface area contributed by atoms with Crippen molar-refractivity contribution in [3.63, 3.8) is 0 Å². The molecule has 0 bridgehead atoms. The predicted octanol–water partition coefficient (Wildman–Crippen LogP) is 4.38. The fourth-order valence-electron chi connectivity index (χ4n) is 2.97. The number of hydrogen-bond acceptors (Lipinski definition) is 2. The molecule has 0 saturated carbocycles. The van der Waals surface area contributed by atoms with Gasteiger partial charge in [-0.05, 0) is 24.3 Å². The average Bonchev–Trinajstić information content (AvgIpc) is 2.47. The highest BCUT2D eigenvalue weighted by Gasteiger charge is 2.31. The van der Waals surface area contributed by atoms with Crippen molar-refractivity contribution in [2.45, 2.75) is 44.9 Å². The summed E-state index contributed by atoms with van der Waals surface area (Å²) in [6.45, 7) is 6.98. The zero-order chi connectivity index (χ0) is 13.0. The monoisotopic (exact) mass is 310 g/mol. The molecule has 3 heteroatoms. The van der Waals surface area contributed by atoms with Crippen LogP contribution in [0.25, 0.3) is 0 Å². The first-order chi connectivity index (χ1) is 8.74. The van der Waals surface area contributed by atoms with Gasteiger partial charge in [0, 0.05) is 30.2 Å². The first kappa shape index (κ1) is 13.9. The Bertz CT molecular complexity index is 378. The third-order valence-corrected chi connectivity index (χ3v) is 5.24. The molecule has 0 aliphatic carbocycles. The van der Waals surface area contributed by atoms with E-state index < -0.39 is 0 Å². The number of nitrogens with zero attached hydrogens (tertiary/aromatic N) is 2. The molecule has 0 spiro atoms. The zero-order valence-corrected chi connectivity index (χ0v) is 13.0. The minimum Gasteiger partial charge on any atom is -0.356 e. The second-order valence-corrected chi connectivity index (χ2v) is 5.87. The Hall–Kier alpha value is -0.570. The highest BCUT2D eigenvalue weighted by Crippen LogP contribution is 2.39. The minimum absolute atomic E-state index is 0.583. The van der Waals surface area contributed by atoms with Crippen molar-refractivity contribution in [2.24, 2.45) is 5.41 Å². The normalized spacial score (nSPS) is 18.9. The van der Waals surface area contributed by atoms with E-state index in [-0.39, 0.29) is 0 Å². The van der Waals surface area contributed by atoms with Gasteiger partial charge in [-0.2, -0.15) is 0 Å². The number of halogens is 1. The molecular formula is C15H23BrN2. The molecule has 1 aliphatic heterocycles. The molecular weight excluding hydrogens is 288 g/mol. The highest BCUT2D eigenvalue weighted by atomic mass is 79.9. The number of anilines is 1. The maximum absolute atomic E-state index is 4.57. The minimum atomic E-state index is 0.583. The molecule has 100 valence electrons. The van der Waals surface area contributed by atoms with E-state index in [4.69, 9.17) is 0 Å². The van der Waals surface area contributed by atoms with Gasteiger partial charge in [0.15, 0.2) is 0 Å². The van der Waals surface area contributed by atoms with Crippen LogP contribution in [0.3, 0.4) is 0 Å². The molecule has 1 aromatic rings. The SMILES string of the molecule is CCC1(CC)CCN(c2ncccc2CBr)CC1. The molecule has 0 unspecified atom stereocenters. The topological polar surface area (TPSA) is 16.1 Å². The van der Waals surface area contributed by atoms with E-state index in [0.717, 1.165) is 18.4 Å². The van der Waals surface area contributed by atoms with E-state index in [1.54, 1.807) is 0 Å². The molecule has 1 aromatic heterocycles. The van der Waals surface area contributed by atoms with Gasteiger partial charge in [0.25, 0.3) is 0 Å². The van der Waals surface area contributed by atoms with Gasteiger partial charge in [-0.15, -0.1) is 0 Å². The third-order valence-electron chi connectivity index (χ3n) is 4.64. The zero-order valence-electron chi connectivity index (χ0n) is 11.5. The number of alkyl halides is 1. The predicted molar refractivity (Wildman–Crippen MR) is 81.3 cm³/mol. The van der Waals surface area contributed by atoms with Gasteiger partial charge in [-0.25, -0.2) is 4.98 Å². The van der Waals surface area contributed by atoms with Crippen molar-refractivity contribution >= 4 is 21.7 Å². The smallest absolute Gasteiger partial charge is 0.132 e. The summed E-state index contributed by atoms with van der Waals surface area (Å²) in [5.41, 5.74) is 1.89. The number of aromatic nitrogens is 1. The van der Waals surface area contributed by atoms with Crippen molar-refractivity contribution in [3.8, 4) is 0 Å². The second-order valence-electron chi connectivity index (χ2n) is 5.31. The van der Waals surface area contributed by atoms with Crippen LogP contribution < -0.4 is 4.90 Å². The Morgan fingerprint density at radius 2 is 1.94 bits per heavy atom. The Kier molecular flexibility index (Phi) is 4.66. The van der Waals surface area contributed by atoms with Crippen LogP contribution in [0.15, 0.2) is 18.3 Å². The summed E-state index contributed by atoms with van der Waals surface area (Å²) in [7, 11) is 0. The lowest BCUT2D eigenvalue weighted by molar-refractivity contribution is 0.199. The Labute approximate surface area is 119 Å². The molecule has 1 fully saturated rings. The van der Waals surface area contributed by atoms with E-state index in [2.05, 4.69) is 45.7 Å². The molecule has 1 aliphatic rings. The largest absolute Gasteiger partial charge is 0.356 e. The molecule has 1 saturated heterocycles. The Morgan fingerprint density at radius 1 is 1.28 bits per heavy atom. The molecule has 2 nitrogen and oxygen atoms in total. The van der Waals surface area contributed by atoms with Crippen LogP contribution in [-0.2, 0) is 5.33 Å². The van der Waals surface area contributed by atoms with E-state index in [9.17, 15) is 0 Å². The summed E-state index contributed by atoms with van der Waals surface area (Å²) < 4.78 is 0. The van der Waals surface area contributed by atoms with Crippen molar-refractivity contribution < 1.29 is 0 Å². The van der Waals surface area contributed by atoms with E-state index in [1.165, 1.54) is 37.1 Å². The average molecular weight is 311 g/mol. The molecule has 0 N–H and O–H groups in total. The van der Waals surface area contributed by atoms with Gasteiger partial charge in [0.1, 0.15) is 5.82 Å². The fourth-order valence-corrected chi connectivity index (χ4v) is 3.41. The third kappa shape index (κ3) is 2.71. The number of hydrogen-bond donors (Lipinski definition) is 0. The quantitative estimate of drug-likeness (QED) is 0.767. The van der Waals surface area contributed by atoms with Crippen molar-refractivity contribution in [1.82, 2.24) is 4.98 Å². The summed E-state index contributed by atoms with van der Waals surface area (Å²) in [4.78, 5) is 7.03. The summed E-state index contributed by atoms with van der Waals surface area (Å²) in [6.07, 6.45) is 7.13. The highest BCUT2D eigenvalue weighted by molar-refractivity contribution is 9.08. The standard InChI is InChI=1S/C15H23BrN2/c1-3-15(4-2)7-10-18(11-8-15)14-13(12-16)6-5-9-17-14/h5-6,9H,3-4,7-8,10-12H2,1-2H3. The van der Waals surface area contributed by atoms with Gasteiger partial charge in [0.2, 0.25) is 0 Å².